The van der Waals surface area contributed by atoms with Crippen molar-refractivity contribution in [1.82, 2.24) is 5.32 Å². The highest BCUT2D eigenvalue weighted by Gasteiger charge is 1.62. The van der Waals surface area contributed by atoms with Crippen LogP contribution in [0.25, 0.3) is 0 Å². The van der Waals surface area contributed by atoms with Gasteiger partial charge in [-0.05, 0) is 13.1 Å². The molecule has 0 aromatic carbocycles. The third-order valence-corrected chi connectivity index (χ3v) is 0.500. The summed E-state index contributed by atoms with van der Waals surface area (Å²) in [5.74, 6) is 0. The van der Waals surface area contributed by atoms with Crippen LogP contribution in [-0.4, -0.2) is 21.5 Å². The second kappa shape index (κ2) is 16.7. The van der Waals surface area contributed by atoms with E-state index in [-0.39, 0.29) is 13.1 Å². The van der Waals surface area contributed by atoms with Crippen LogP contribution in [0.5, 0.6) is 0 Å². The Hall–Kier alpha value is -0.0451. The van der Waals surface area contributed by atoms with Crippen LogP contribution in [0.2, 0.25) is 0 Å². The van der Waals surface area contributed by atoms with Gasteiger partial charge in [0.25, 0.3) is 0 Å². The van der Waals surface area contributed by atoms with E-state index < -0.39 is 0 Å². The molecular formula is C4H12BFN. The summed E-state index contributed by atoms with van der Waals surface area (Å²) in [6, 6.07) is 0. The second-order valence-electron chi connectivity index (χ2n) is 0.957. The number of hydrogen-bond donors (Lipinski definition) is 1. The average Bonchev–Trinajstić information content (AvgIpc) is 1.41. The van der Waals surface area contributed by atoms with Crippen LogP contribution in [0.1, 0.15) is 13.8 Å². The van der Waals surface area contributed by atoms with Gasteiger partial charge in [0.05, 0.1) is 0 Å². The van der Waals surface area contributed by atoms with Crippen molar-refractivity contribution in [2.24, 2.45) is 0 Å². The van der Waals surface area contributed by atoms with Gasteiger partial charge in [-0.25, -0.2) is 0 Å². The fraction of sp³-hybridized carbons (Fsp3) is 1.00. The smallest absolute Gasteiger partial charge is 0 e. The molecule has 43 valence electrons. The largest absolute Gasteiger partial charge is 0.317 e. The van der Waals surface area contributed by atoms with Gasteiger partial charge in [0, 0.05) is 8.41 Å². The van der Waals surface area contributed by atoms with E-state index in [1.54, 1.807) is 0 Å². The Balaban J connectivity index is -0.0000000800. The molecule has 1 nitrogen and oxygen atoms in total. The molecule has 0 amide bonds. The molecule has 0 aliphatic heterocycles. The van der Waals surface area contributed by atoms with Crippen molar-refractivity contribution in [3.05, 3.63) is 0 Å². The quantitative estimate of drug-likeness (QED) is 0.499. The SMILES string of the molecule is CCNCC.F.[B]. The van der Waals surface area contributed by atoms with E-state index in [0.717, 1.165) is 13.1 Å². The molecule has 0 atom stereocenters. The number of halogens is 1. The first-order valence-electron chi connectivity index (χ1n) is 2.12. The minimum atomic E-state index is 0. The average molecular weight is 104 g/mol. The monoisotopic (exact) mass is 104 g/mol. The summed E-state index contributed by atoms with van der Waals surface area (Å²) in [7, 11) is 0. The zero-order chi connectivity index (χ0) is 4.12. The van der Waals surface area contributed by atoms with Gasteiger partial charge in [-0.1, -0.05) is 13.8 Å². The molecule has 0 saturated carbocycles. The zero-order valence-corrected chi connectivity index (χ0v) is 4.90. The maximum Gasteiger partial charge on any atom is 0 e. The predicted molar refractivity (Wildman–Crippen MR) is 32.5 cm³/mol. The Bertz CT molecular complexity index is 19.2. The van der Waals surface area contributed by atoms with Crippen LogP contribution < -0.4 is 5.32 Å². The van der Waals surface area contributed by atoms with Crippen LogP contribution in [0.3, 0.4) is 0 Å². The Kier molecular flexibility index (Phi) is 37.7. The van der Waals surface area contributed by atoms with Crippen LogP contribution >= 0.6 is 0 Å². The van der Waals surface area contributed by atoms with Crippen LogP contribution in [0.15, 0.2) is 0 Å². The summed E-state index contributed by atoms with van der Waals surface area (Å²) in [6.45, 7) is 6.39. The summed E-state index contributed by atoms with van der Waals surface area (Å²) in [4.78, 5) is 0. The Morgan fingerprint density at radius 2 is 1.43 bits per heavy atom. The molecule has 0 heterocycles. The molecule has 0 aliphatic carbocycles. The van der Waals surface area contributed by atoms with Crippen molar-refractivity contribution in [3.8, 4) is 0 Å². The Morgan fingerprint density at radius 3 is 1.43 bits per heavy atom. The van der Waals surface area contributed by atoms with E-state index in [1.165, 1.54) is 0 Å². The van der Waals surface area contributed by atoms with Crippen molar-refractivity contribution in [3.63, 3.8) is 0 Å². The van der Waals surface area contributed by atoms with Gasteiger partial charge in [0.1, 0.15) is 0 Å². The van der Waals surface area contributed by atoms with Gasteiger partial charge in [0.2, 0.25) is 0 Å². The predicted octanol–water partition coefficient (Wildman–Crippen LogP) is 0.388. The van der Waals surface area contributed by atoms with Gasteiger partial charge >= 0.3 is 0 Å². The Labute approximate surface area is 46.4 Å². The van der Waals surface area contributed by atoms with E-state index in [1.807, 2.05) is 0 Å². The van der Waals surface area contributed by atoms with Crippen molar-refractivity contribution >= 4 is 8.41 Å². The highest BCUT2D eigenvalue weighted by Crippen LogP contribution is 1.47. The minimum Gasteiger partial charge on any atom is -0.317 e. The molecule has 0 rings (SSSR count). The summed E-state index contributed by atoms with van der Waals surface area (Å²) >= 11 is 0. The van der Waals surface area contributed by atoms with Gasteiger partial charge in [-0.2, -0.15) is 0 Å². The lowest BCUT2D eigenvalue weighted by atomic mass is 10.7. The van der Waals surface area contributed by atoms with E-state index >= 15 is 0 Å². The van der Waals surface area contributed by atoms with Gasteiger partial charge < -0.3 is 5.32 Å². The molecule has 3 radical (unpaired) electrons. The second-order valence-corrected chi connectivity index (χ2v) is 0.957. The lowest BCUT2D eigenvalue weighted by Gasteiger charge is -1.86. The first-order chi connectivity index (χ1) is 2.41. The van der Waals surface area contributed by atoms with Crippen molar-refractivity contribution in [2.45, 2.75) is 13.8 Å². The number of hydrogen-bond acceptors (Lipinski definition) is 1. The number of rotatable bonds is 2. The molecule has 7 heavy (non-hydrogen) atoms. The van der Waals surface area contributed by atoms with Crippen molar-refractivity contribution in [1.29, 1.82) is 0 Å². The van der Waals surface area contributed by atoms with E-state index in [9.17, 15) is 0 Å². The van der Waals surface area contributed by atoms with E-state index in [2.05, 4.69) is 19.2 Å². The highest BCUT2D eigenvalue weighted by molar-refractivity contribution is 5.75. The molecule has 0 aromatic heterocycles. The lowest BCUT2D eigenvalue weighted by molar-refractivity contribution is 0.762. The van der Waals surface area contributed by atoms with Crippen LogP contribution in [0, 0.1) is 0 Å². The molecule has 0 bridgehead atoms. The third kappa shape index (κ3) is 24.4. The van der Waals surface area contributed by atoms with Gasteiger partial charge in [-0.3, -0.25) is 4.70 Å². The molecular weight excluding hydrogens is 91.9 g/mol. The molecule has 0 saturated heterocycles. The summed E-state index contributed by atoms with van der Waals surface area (Å²) in [5.41, 5.74) is 0. The standard InChI is InChI=1S/C4H11N.B.FH/c1-3-5-4-2;;/h5H,3-4H2,1-2H3;;1H. The third-order valence-electron chi connectivity index (χ3n) is 0.500. The molecule has 0 aliphatic rings. The molecule has 0 spiro atoms. The lowest BCUT2D eigenvalue weighted by Crippen LogP contribution is -2.09. The van der Waals surface area contributed by atoms with Crippen LogP contribution in [0.4, 0.5) is 4.70 Å². The molecule has 0 unspecified atom stereocenters. The fourth-order valence-electron chi connectivity index (χ4n) is 0.250. The van der Waals surface area contributed by atoms with E-state index in [4.69, 9.17) is 0 Å². The van der Waals surface area contributed by atoms with Crippen LogP contribution in [-0.2, 0) is 0 Å². The maximum absolute atomic E-state index is 3.11. The molecule has 0 fully saturated rings. The highest BCUT2D eigenvalue weighted by atomic mass is 19.0. The van der Waals surface area contributed by atoms with E-state index in [0.29, 0.717) is 0 Å². The summed E-state index contributed by atoms with van der Waals surface area (Å²) in [6.07, 6.45) is 0. The minimum absolute atomic E-state index is 0. The topological polar surface area (TPSA) is 12.0 Å². The number of nitrogens with one attached hydrogen (secondary N) is 1. The first-order valence-corrected chi connectivity index (χ1v) is 2.12. The molecule has 1 N–H and O–H groups in total. The zero-order valence-electron chi connectivity index (χ0n) is 4.90. The van der Waals surface area contributed by atoms with Gasteiger partial charge in [0.15, 0.2) is 0 Å². The van der Waals surface area contributed by atoms with Crippen molar-refractivity contribution < 1.29 is 4.70 Å². The van der Waals surface area contributed by atoms with Crippen molar-refractivity contribution in [2.75, 3.05) is 13.1 Å². The fourth-order valence-corrected chi connectivity index (χ4v) is 0.250. The maximum atomic E-state index is 3.11. The Morgan fingerprint density at radius 1 is 1.14 bits per heavy atom. The normalized spacial score (nSPS) is 6.00. The summed E-state index contributed by atoms with van der Waals surface area (Å²) < 4.78 is 0. The molecule has 3 heteroatoms. The molecule has 0 aromatic rings. The van der Waals surface area contributed by atoms with Gasteiger partial charge in [-0.15, -0.1) is 0 Å². The summed E-state index contributed by atoms with van der Waals surface area (Å²) in [5, 5.41) is 3.11. The first kappa shape index (κ1) is 15.8.